The second-order valence-corrected chi connectivity index (χ2v) is 6.26. The maximum Gasteiger partial charge on any atom is 0.322 e. The van der Waals surface area contributed by atoms with Crippen molar-refractivity contribution in [3.63, 3.8) is 0 Å². The molecule has 1 N–H and O–H groups in total. The second kappa shape index (κ2) is 6.48. The molecule has 2 amide bonds. The van der Waals surface area contributed by atoms with Gasteiger partial charge in [0.1, 0.15) is 5.82 Å². The minimum Gasteiger partial charge on any atom is -0.317 e. The number of carbonyl (C=O) groups is 1. The topological polar surface area (TPSA) is 32.3 Å². The van der Waals surface area contributed by atoms with Crippen LogP contribution >= 0.6 is 15.9 Å². The van der Waals surface area contributed by atoms with Gasteiger partial charge in [0.25, 0.3) is 0 Å². The Kier molecular flexibility index (Phi) is 4.43. The summed E-state index contributed by atoms with van der Waals surface area (Å²) in [5.41, 5.74) is 1.74. The molecule has 1 fully saturated rings. The van der Waals surface area contributed by atoms with Crippen molar-refractivity contribution in [2.24, 2.45) is 0 Å². The van der Waals surface area contributed by atoms with E-state index in [4.69, 9.17) is 0 Å². The maximum absolute atomic E-state index is 13.1. The van der Waals surface area contributed by atoms with E-state index < -0.39 is 0 Å². The molecule has 0 unspecified atom stereocenters. The van der Waals surface area contributed by atoms with Crippen LogP contribution in [0.25, 0.3) is 0 Å². The van der Waals surface area contributed by atoms with Gasteiger partial charge >= 0.3 is 6.03 Å². The van der Waals surface area contributed by atoms with Crippen molar-refractivity contribution in [2.75, 3.05) is 11.9 Å². The molecule has 1 saturated heterocycles. The lowest BCUT2D eigenvalue weighted by molar-refractivity contribution is 0.207. The Morgan fingerprint density at radius 2 is 1.82 bits per heavy atom. The molecular weight excluding hydrogens is 347 g/mol. The Hall–Kier alpha value is -1.88. The van der Waals surface area contributed by atoms with Crippen molar-refractivity contribution < 1.29 is 9.18 Å². The van der Waals surface area contributed by atoms with Crippen LogP contribution in [0.5, 0.6) is 0 Å². The number of rotatable bonds is 2. The number of nitrogens with zero attached hydrogens (tertiary/aromatic N) is 1. The summed E-state index contributed by atoms with van der Waals surface area (Å²) in [6.07, 6.45) is 1.86. The Morgan fingerprint density at radius 3 is 2.50 bits per heavy atom. The van der Waals surface area contributed by atoms with Crippen LogP contribution in [-0.2, 0) is 0 Å². The van der Waals surface area contributed by atoms with Gasteiger partial charge in [0.2, 0.25) is 0 Å². The van der Waals surface area contributed by atoms with Crippen LogP contribution in [0.4, 0.5) is 14.9 Å². The first-order chi connectivity index (χ1) is 10.6. The normalized spacial score (nSPS) is 17.5. The predicted octanol–water partition coefficient (Wildman–Crippen LogP) is 4.96. The van der Waals surface area contributed by atoms with E-state index in [9.17, 15) is 9.18 Å². The summed E-state index contributed by atoms with van der Waals surface area (Å²) in [5.74, 6) is -0.257. The van der Waals surface area contributed by atoms with Gasteiger partial charge in [-0.3, -0.25) is 0 Å². The molecular formula is C17H16BrFN2O. The smallest absolute Gasteiger partial charge is 0.317 e. The first kappa shape index (κ1) is 15.0. The number of anilines is 1. The maximum atomic E-state index is 13.1. The first-order valence-electron chi connectivity index (χ1n) is 7.22. The number of benzene rings is 2. The van der Waals surface area contributed by atoms with E-state index in [1.54, 1.807) is 12.1 Å². The number of halogens is 2. The second-order valence-electron chi connectivity index (χ2n) is 5.34. The number of urea groups is 1. The van der Waals surface area contributed by atoms with Gasteiger partial charge in [-0.1, -0.05) is 28.1 Å². The minimum atomic E-state index is -0.257. The van der Waals surface area contributed by atoms with Crippen molar-refractivity contribution in [3.8, 4) is 0 Å². The molecule has 1 atom stereocenters. The minimum absolute atomic E-state index is 0.0102. The number of hydrogen-bond donors (Lipinski definition) is 1. The van der Waals surface area contributed by atoms with Crippen LogP contribution in [0.2, 0.25) is 0 Å². The fourth-order valence-corrected chi connectivity index (χ4v) is 3.03. The fraction of sp³-hybridized carbons (Fsp3) is 0.235. The molecule has 1 aliphatic heterocycles. The lowest BCUT2D eigenvalue weighted by Crippen LogP contribution is -2.34. The molecule has 0 saturated carbocycles. The molecule has 0 spiro atoms. The van der Waals surface area contributed by atoms with Crippen LogP contribution < -0.4 is 5.32 Å². The summed E-state index contributed by atoms with van der Waals surface area (Å²) >= 11 is 3.37. The fourth-order valence-electron chi connectivity index (χ4n) is 2.77. The Morgan fingerprint density at radius 1 is 1.14 bits per heavy atom. The van der Waals surface area contributed by atoms with E-state index in [0.29, 0.717) is 6.54 Å². The number of hydrogen-bond acceptors (Lipinski definition) is 1. The highest BCUT2D eigenvalue weighted by Gasteiger charge is 2.29. The molecule has 0 bridgehead atoms. The zero-order valence-corrected chi connectivity index (χ0v) is 13.5. The molecule has 0 radical (unpaired) electrons. The van der Waals surface area contributed by atoms with Crippen LogP contribution in [-0.4, -0.2) is 17.5 Å². The molecule has 3 nitrogen and oxygen atoms in total. The summed E-state index contributed by atoms with van der Waals surface area (Å²) in [6.45, 7) is 0.713. The van der Waals surface area contributed by atoms with E-state index in [1.807, 2.05) is 29.2 Å². The number of carbonyl (C=O) groups excluding carboxylic acids is 1. The zero-order valence-electron chi connectivity index (χ0n) is 11.9. The lowest BCUT2D eigenvalue weighted by Gasteiger charge is -2.25. The summed E-state index contributed by atoms with van der Waals surface area (Å²) in [4.78, 5) is 14.3. The lowest BCUT2D eigenvalue weighted by atomic mass is 10.0. The van der Waals surface area contributed by atoms with Crippen molar-refractivity contribution in [2.45, 2.75) is 18.9 Å². The largest absolute Gasteiger partial charge is 0.322 e. The van der Waals surface area contributed by atoms with Crippen LogP contribution in [0, 0.1) is 5.82 Å². The molecule has 5 heteroatoms. The van der Waals surface area contributed by atoms with Gasteiger partial charge in [-0.05, 0) is 54.8 Å². The van der Waals surface area contributed by atoms with Crippen molar-refractivity contribution in [3.05, 3.63) is 64.4 Å². The third kappa shape index (κ3) is 3.30. The zero-order chi connectivity index (χ0) is 15.5. The quantitative estimate of drug-likeness (QED) is 0.804. The highest BCUT2D eigenvalue weighted by Crippen LogP contribution is 2.32. The third-order valence-electron chi connectivity index (χ3n) is 3.86. The molecule has 2 aromatic carbocycles. The average molecular weight is 363 g/mol. The Bertz CT molecular complexity index is 657. The van der Waals surface area contributed by atoms with Crippen molar-refractivity contribution in [1.82, 2.24) is 4.90 Å². The monoisotopic (exact) mass is 362 g/mol. The Balaban J connectivity index is 1.73. The average Bonchev–Trinajstić information content (AvgIpc) is 3.00. The molecule has 22 heavy (non-hydrogen) atoms. The highest BCUT2D eigenvalue weighted by atomic mass is 79.9. The van der Waals surface area contributed by atoms with Gasteiger partial charge in [-0.15, -0.1) is 0 Å². The summed E-state index contributed by atoms with van der Waals surface area (Å²) in [7, 11) is 0. The molecule has 2 aromatic rings. The molecule has 1 heterocycles. The molecule has 114 valence electrons. The van der Waals surface area contributed by atoms with Gasteiger partial charge in [0.05, 0.1) is 6.04 Å². The van der Waals surface area contributed by atoms with E-state index in [2.05, 4.69) is 21.2 Å². The molecule has 1 aliphatic rings. The summed E-state index contributed by atoms with van der Waals surface area (Å²) < 4.78 is 14.0. The summed E-state index contributed by atoms with van der Waals surface area (Å²) in [6, 6.07) is 13.8. The van der Waals surface area contributed by atoms with E-state index in [0.717, 1.165) is 28.6 Å². The number of amides is 2. The predicted molar refractivity (Wildman–Crippen MR) is 88.2 cm³/mol. The molecule has 3 rings (SSSR count). The Labute approximate surface area is 137 Å². The van der Waals surface area contributed by atoms with Crippen LogP contribution in [0.3, 0.4) is 0 Å². The third-order valence-corrected chi connectivity index (χ3v) is 4.39. The van der Waals surface area contributed by atoms with E-state index in [-0.39, 0.29) is 17.9 Å². The van der Waals surface area contributed by atoms with Crippen LogP contribution in [0.15, 0.2) is 53.0 Å². The molecule has 0 aromatic heterocycles. The van der Waals surface area contributed by atoms with Gasteiger partial charge < -0.3 is 10.2 Å². The van der Waals surface area contributed by atoms with Crippen molar-refractivity contribution in [1.29, 1.82) is 0 Å². The highest BCUT2D eigenvalue weighted by molar-refractivity contribution is 9.10. The van der Waals surface area contributed by atoms with Gasteiger partial charge in [-0.25, -0.2) is 9.18 Å². The van der Waals surface area contributed by atoms with Gasteiger partial charge in [-0.2, -0.15) is 0 Å². The van der Waals surface area contributed by atoms with Gasteiger partial charge in [0.15, 0.2) is 0 Å². The number of likely N-dealkylation sites (tertiary alicyclic amines) is 1. The molecule has 0 aliphatic carbocycles. The van der Waals surface area contributed by atoms with Crippen molar-refractivity contribution >= 4 is 27.6 Å². The standard InChI is InChI=1S/C17H16BrFN2O/c18-13-5-9-15(10-6-13)20-17(22)21-11-1-2-16(21)12-3-7-14(19)8-4-12/h3-10,16H,1-2,11H2,(H,20,22)/t16-/m0/s1. The SMILES string of the molecule is O=C(Nc1ccc(Br)cc1)N1CCC[C@H]1c1ccc(F)cc1. The van der Waals surface area contributed by atoms with Crippen LogP contribution in [0.1, 0.15) is 24.4 Å². The van der Waals surface area contributed by atoms with Gasteiger partial charge in [0, 0.05) is 16.7 Å². The van der Waals surface area contributed by atoms with E-state index in [1.165, 1.54) is 12.1 Å². The first-order valence-corrected chi connectivity index (χ1v) is 8.01. The summed E-state index contributed by atoms with van der Waals surface area (Å²) in [5, 5.41) is 2.91. The van der Waals surface area contributed by atoms with E-state index >= 15 is 0 Å². The number of nitrogens with one attached hydrogen (secondary N) is 1.